The molecule has 0 radical (unpaired) electrons. The zero-order valence-corrected chi connectivity index (χ0v) is 8.53. The Kier molecular flexibility index (Phi) is 4.73. The van der Waals surface area contributed by atoms with E-state index < -0.39 is 11.8 Å². The summed E-state index contributed by atoms with van der Waals surface area (Å²) < 4.78 is 26.4. The molecular formula is C10H20F2. The third-order valence-electron chi connectivity index (χ3n) is 2.39. The summed E-state index contributed by atoms with van der Waals surface area (Å²) in [4.78, 5) is 0. The lowest BCUT2D eigenvalue weighted by atomic mass is 9.94. The first-order chi connectivity index (χ1) is 5.40. The maximum Gasteiger partial charge on any atom is 0.250 e. The second kappa shape index (κ2) is 4.78. The van der Waals surface area contributed by atoms with E-state index in [1.807, 2.05) is 20.8 Å². The molecule has 0 amide bonds. The van der Waals surface area contributed by atoms with Crippen molar-refractivity contribution in [3.8, 4) is 0 Å². The van der Waals surface area contributed by atoms with Gasteiger partial charge in [0, 0.05) is 12.3 Å². The Hall–Kier alpha value is -0.140. The highest BCUT2D eigenvalue weighted by Gasteiger charge is 2.34. The molecule has 0 heterocycles. The number of alkyl halides is 2. The maximum absolute atomic E-state index is 13.2. The van der Waals surface area contributed by atoms with Crippen LogP contribution in [0.3, 0.4) is 0 Å². The molecule has 0 saturated carbocycles. The fraction of sp³-hybridized carbons (Fsp3) is 1.00. The summed E-state index contributed by atoms with van der Waals surface area (Å²) in [6.45, 7) is 7.40. The second-order valence-corrected chi connectivity index (χ2v) is 4.00. The van der Waals surface area contributed by atoms with E-state index in [9.17, 15) is 8.78 Å². The van der Waals surface area contributed by atoms with Gasteiger partial charge in [0.1, 0.15) is 0 Å². The predicted molar refractivity (Wildman–Crippen MR) is 48.5 cm³/mol. The van der Waals surface area contributed by atoms with Crippen molar-refractivity contribution in [1.82, 2.24) is 0 Å². The Morgan fingerprint density at radius 3 is 2.00 bits per heavy atom. The van der Waals surface area contributed by atoms with Crippen LogP contribution in [-0.2, 0) is 0 Å². The molecule has 12 heavy (non-hydrogen) atoms. The highest BCUT2D eigenvalue weighted by Crippen LogP contribution is 2.32. The minimum atomic E-state index is -2.46. The van der Waals surface area contributed by atoms with Crippen molar-refractivity contribution in [3.63, 3.8) is 0 Å². The molecule has 0 saturated heterocycles. The highest BCUT2D eigenvalue weighted by atomic mass is 19.3. The van der Waals surface area contributed by atoms with Gasteiger partial charge in [-0.2, -0.15) is 0 Å². The minimum Gasteiger partial charge on any atom is -0.207 e. The largest absolute Gasteiger partial charge is 0.250 e. The number of hydrogen-bond acceptors (Lipinski definition) is 0. The smallest absolute Gasteiger partial charge is 0.207 e. The molecule has 0 N–H and O–H groups in total. The molecule has 0 aliphatic rings. The van der Waals surface area contributed by atoms with Crippen LogP contribution in [-0.4, -0.2) is 5.92 Å². The monoisotopic (exact) mass is 178 g/mol. The van der Waals surface area contributed by atoms with Gasteiger partial charge in [0.2, 0.25) is 0 Å². The van der Waals surface area contributed by atoms with Gasteiger partial charge in [-0.15, -0.1) is 0 Å². The normalized spacial score (nSPS) is 15.2. The lowest BCUT2D eigenvalue weighted by molar-refractivity contribution is -0.0634. The molecule has 0 bridgehead atoms. The third-order valence-corrected chi connectivity index (χ3v) is 2.39. The van der Waals surface area contributed by atoms with Gasteiger partial charge < -0.3 is 0 Å². The van der Waals surface area contributed by atoms with Crippen LogP contribution < -0.4 is 0 Å². The van der Waals surface area contributed by atoms with E-state index in [0.717, 1.165) is 0 Å². The first kappa shape index (κ1) is 11.9. The van der Waals surface area contributed by atoms with E-state index in [1.165, 1.54) is 0 Å². The number of halogens is 2. The van der Waals surface area contributed by atoms with E-state index in [2.05, 4.69) is 0 Å². The Morgan fingerprint density at radius 2 is 1.67 bits per heavy atom. The maximum atomic E-state index is 13.2. The van der Waals surface area contributed by atoms with E-state index >= 15 is 0 Å². The van der Waals surface area contributed by atoms with Crippen LogP contribution in [0.1, 0.15) is 47.0 Å². The van der Waals surface area contributed by atoms with Crippen LogP contribution in [0.5, 0.6) is 0 Å². The van der Waals surface area contributed by atoms with Crippen molar-refractivity contribution in [2.45, 2.75) is 52.9 Å². The molecule has 0 fully saturated rings. The van der Waals surface area contributed by atoms with Gasteiger partial charge in [0.15, 0.2) is 0 Å². The summed E-state index contributed by atoms with van der Waals surface area (Å²) in [5.41, 5.74) is 0. The minimum absolute atomic E-state index is 0.0413. The molecule has 0 aromatic heterocycles. The van der Waals surface area contributed by atoms with E-state index in [1.54, 1.807) is 6.92 Å². The van der Waals surface area contributed by atoms with Gasteiger partial charge in [0.05, 0.1) is 0 Å². The molecule has 0 aromatic rings. The first-order valence-electron chi connectivity index (χ1n) is 4.78. The summed E-state index contributed by atoms with van der Waals surface area (Å²) in [5.74, 6) is -2.56. The van der Waals surface area contributed by atoms with Crippen LogP contribution in [0.15, 0.2) is 0 Å². The summed E-state index contributed by atoms with van der Waals surface area (Å²) in [6.07, 6.45) is 1.22. The number of rotatable bonds is 5. The summed E-state index contributed by atoms with van der Waals surface area (Å²) in [7, 11) is 0. The summed E-state index contributed by atoms with van der Waals surface area (Å²) in [5, 5.41) is 0. The molecule has 0 rings (SSSR count). The zero-order valence-electron chi connectivity index (χ0n) is 8.53. The Morgan fingerprint density at radius 1 is 1.17 bits per heavy atom. The standard InChI is InChI=1S/C10H20F2/c1-5-9(4)10(11,12)7-6-8(2)3/h8-9H,5-7H2,1-4H3. The molecule has 0 aromatic carbocycles. The fourth-order valence-electron chi connectivity index (χ4n) is 1.03. The van der Waals surface area contributed by atoms with Crippen LogP contribution >= 0.6 is 0 Å². The average Bonchev–Trinajstić information content (AvgIpc) is 1.99. The van der Waals surface area contributed by atoms with Crippen LogP contribution in [0.25, 0.3) is 0 Å². The van der Waals surface area contributed by atoms with Crippen molar-refractivity contribution in [1.29, 1.82) is 0 Å². The lowest BCUT2D eigenvalue weighted by Crippen LogP contribution is -2.25. The van der Waals surface area contributed by atoms with Gasteiger partial charge in [-0.25, -0.2) is 8.78 Å². The first-order valence-corrected chi connectivity index (χ1v) is 4.78. The van der Waals surface area contributed by atoms with Crippen molar-refractivity contribution in [3.05, 3.63) is 0 Å². The number of hydrogen-bond donors (Lipinski definition) is 0. The van der Waals surface area contributed by atoms with Crippen LogP contribution in [0.4, 0.5) is 8.78 Å². The fourth-order valence-corrected chi connectivity index (χ4v) is 1.03. The lowest BCUT2D eigenvalue weighted by Gasteiger charge is -2.23. The van der Waals surface area contributed by atoms with Gasteiger partial charge in [0.25, 0.3) is 5.92 Å². The highest BCUT2D eigenvalue weighted by molar-refractivity contribution is 4.72. The zero-order chi connectivity index (χ0) is 9.78. The molecule has 0 spiro atoms. The van der Waals surface area contributed by atoms with Crippen molar-refractivity contribution in [2.75, 3.05) is 0 Å². The van der Waals surface area contributed by atoms with E-state index in [0.29, 0.717) is 18.8 Å². The Bertz CT molecular complexity index is 119. The van der Waals surface area contributed by atoms with Gasteiger partial charge >= 0.3 is 0 Å². The van der Waals surface area contributed by atoms with E-state index in [4.69, 9.17) is 0 Å². The molecule has 0 aliphatic carbocycles. The average molecular weight is 178 g/mol. The second-order valence-electron chi connectivity index (χ2n) is 4.00. The van der Waals surface area contributed by atoms with Crippen molar-refractivity contribution < 1.29 is 8.78 Å². The summed E-state index contributed by atoms with van der Waals surface area (Å²) >= 11 is 0. The van der Waals surface area contributed by atoms with Gasteiger partial charge in [-0.1, -0.05) is 27.7 Å². The molecule has 0 aliphatic heterocycles. The quantitative estimate of drug-likeness (QED) is 0.594. The molecule has 1 atom stereocenters. The molecule has 74 valence electrons. The van der Waals surface area contributed by atoms with Crippen LogP contribution in [0.2, 0.25) is 0 Å². The topological polar surface area (TPSA) is 0 Å². The predicted octanol–water partition coefficient (Wildman–Crippen LogP) is 4.10. The van der Waals surface area contributed by atoms with Gasteiger partial charge in [-0.05, 0) is 18.8 Å². The van der Waals surface area contributed by atoms with Crippen molar-refractivity contribution >= 4 is 0 Å². The Balaban J connectivity index is 3.86. The molecule has 0 nitrogen and oxygen atoms in total. The van der Waals surface area contributed by atoms with Crippen molar-refractivity contribution in [2.24, 2.45) is 11.8 Å². The van der Waals surface area contributed by atoms with Gasteiger partial charge in [-0.3, -0.25) is 0 Å². The van der Waals surface area contributed by atoms with Crippen LogP contribution in [0, 0.1) is 11.8 Å². The summed E-state index contributed by atoms with van der Waals surface area (Å²) in [6, 6.07) is 0. The SMILES string of the molecule is CCC(C)C(F)(F)CCC(C)C. The molecular weight excluding hydrogens is 158 g/mol. The molecule has 2 heteroatoms. The Labute approximate surface area is 74.4 Å². The molecule has 1 unspecified atom stereocenters. The third kappa shape index (κ3) is 4.03. The van der Waals surface area contributed by atoms with E-state index in [-0.39, 0.29) is 6.42 Å².